The van der Waals surface area contributed by atoms with Crippen molar-refractivity contribution in [3.8, 4) is 11.5 Å². The molecule has 0 N–H and O–H groups in total. The molecule has 0 radical (unpaired) electrons. The van der Waals surface area contributed by atoms with E-state index < -0.39 is 10.7 Å². The van der Waals surface area contributed by atoms with Gasteiger partial charge in [-0.2, -0.15) is 0 Å². The maximum absolute atomic E-state index is 12.4. The molecular formula is C20H19NO5. The number of rotatable bonds is 6. The number of fused-ring (bicyclic) bond motifs is 1. The van der Waals surface area contributed by atoms with Crippen LogP contribution in [0.5, 0.6) is 11.5 Å². The number of ketones is 1. The Balaban J connectivity index is 1.92. The summed E-state index contributed by atoms with van der Waals surface area (Å²) in [6.45, 7) is 4.38. The smallest absolute Gasteiger partial charge is 0.280 e. The van der Waals surface area contributed by atoms with Crippen molar-refractivity contribution in [2.75, 3.05) is 6.61 Å². The van der Waals surface area contributed by atoms with Crippen LogP contribution in [0.25, 0.3) is 6.08 Å². The fourth-order valence-corrected chi connectivity index (χ4v) is 2.96. The van der Waals surface area contributed by atoms with Crippen LogP contribution in [-0.4, -0.2) is 23.4 Å². The number of benzene rings is 2. The first kappa shape index (κ1) is 17.7. The molecule has 6 heteroatoms. The third-order valence-corrected chi connectivity index (χ3v) is 4.11. The quantitative estimate of drug-likeness (QED) is 0.336. The summed E-state index contributed by atoms with van der Waals surface area (Å²) in [5, 5.41) is 11.1. The summed E-state index contributed by atoms with van der Waals surface area (Å²) in [5.74, 6) is 1.00. The molecule has 1 aliphatic rings. The topological polar surface area (TPSA) is 78.7 Å². The van der Waals surface area contributed by atoms with Crippen molar-refractivity contribution in [2.24, 2.45) is 0 Å². The molecule has 3 rings (SSSR count). The van der Waals surface area contributed by atoms with Gasteiger partial charge in [-0.05, 0) is 44.2 Å². The number of allylic oxidation sites excluding steroid dienone is 1. The van der Waals surface area contributed by atoms with E-state index in [0.717, 1.165) is 17.7 Å². The highest BCUT2D eigenvalue weighted by Crippen LogP contribution is 2.35. The van der Waals surface area contributed by atoms with Crippen LogP contribution >= 0.6 is 0 Å². The van der Waals surface area contributed by atoms with Crippen molar-refractivity contribution < 1.29 is 19.2 Å². The number of carbonyl (C=O) groups excluding carboxylic acids is 1. The van der Waals surface area contributed by atoms with E-state index >= 15 is 0 Å². The van der Waals surface area contributed by atoms with Gasteiger partial charge in [-0.3, -0.25) is 14.9 Å². The molecule has 0 spiro atoms. The fraction of sp³-hybridized carbons (Fsp3) is 0.250. The van der Waals surface area contributed by atoms with Crippen LogP contribution in [0.3, 0.4) is 0 Å². The Bertz CT molecular complexity index is 888. The summed E-state index contributed by atoms with van der Waals surface area (Å²) in [7, 11) is 0. The van der Waals surface area contributed by atoms with E-state index in [1.165, 1.54) is 24.3 Å². The van der Waals surface area contributed by atoms with Crippen LogP contribution < -0.4 is 9.47 Å². The largest absolute Gasteiger partial charge is 0.493 e. The Hall–Kier alpha value is -3.15. The molecule has 0 amide bonds. The lowest BCUT2D eigenvalue weighted by Crippen LogP contribution is -2.05. The Morgan fingerprint density at radius 1 is 1.38 bits per heavy atom. The monoisotopic (exact) mass is 353 g/mol. The molecule has 134 valence electrons. The first-order valence-electron chi connectivity index (χ1n) is 8.41. The molecule has 26 heavy (non-hydrogen) atoms. The lowest BCUT2D eigenvalue weighted by Gasteiger charge is -2.10. The molecule has 0 unspecified atom stereocenters. The molecule has 2 aromatic rings. The summed E-state index contributed by atoms with van der Waals surface area (Å²) >= 11 is 0. The first-order chi connectivity index (χ1) is 12.5. The zero-order valence-corrected chi connectivity index (χ0v) is 14.6. The summed E-state index contributed by atoms with van der Waals surface area (Å²) in [4.78, 5) is 23.0. The standard InChI is InChI=1S/C20H19NO5/c1-3-25-19-12-15-10-13(2)26-20(15)11-14(19)8-9-18(22)16-6-4-5-7-17(16)21(23)24/h4-9,11-13H,3,10H2,1-2H3/b9-8+/t13-/m1/s1. The Morgan fingerprint density at radius 3 is 2.88 bits per heavy atom. The molecular weight excluding hydrogens is 334 g/mol. The van der Waals surface area contributed by atoms with Crippen LogP contribution in [0.2, 0.25) is 0 Å². The number of nitrogens with zero attached hydrogens (tertiary/aromatic N) is 1. The zero-order chi connectivity index (χ0) is 18.7. The van der Waals surface area contributed by atoms with E-state index in [1.54, 1.807) is 12.1 Å². The second-order valence-electron chi connectivity index (χ2n) is 6.04. The Labute approximate surface area is 151 Å². The first-order valence-corrected chi connectivity index (χ1v) is 8.41. The highest BCUT2D eigenvalue weighted by atomic mass is 16.6. The molecule has 1 heterocycles. The number of hydrogen-bond acceptors (Lipinski definition) is 5. The van der Waals surface area contributed by atoms with Crippen LogP contribution in [0, 0.1) is 10.1 Å². The second kappa shape index (κ2) is 7.39. The average molecular weight is 353 g/mol. The SMILES string of the molecule is CCOc1cc2c(cc1/C=C/C(=O)c1ccccc1[N+](=O)[O-])O[C@H](C)C2. The van der Waals surface area contributed by atoms with Gasteiger partial charge in [-0.25, -0.2) is 0 Å². The van der Waals surface area contributed by atoms with Crippen molar-refractivity contribution in [3.05, 3.63) is 69.3 Å². The van der Waals surface area contributed by atoms with Gasteiger partial charge in [0.1, 0.15) is 17.6 Å². The molecule has 0 aliphatic carbocycles. The van der Waals surface area contributed by atoms with Crippen molar-refractivity contribution in [3.63, 3.8) is 0 Å². The highest BCUT2D eigenvalue weighted by molar-refractivity contribution is 6.09. The number of hydrogen-bond donors (Lipinski definition) is 0. The van der Waals surface area contributed by atoms with Gasteiger partial charge < -0.3 is 9.47 Å². The van der Waals surface area contributed by atoms with Gasteiger partial charge in [0.25, 0.3) is 5.69 Å². The van der Waals surface area contributed by atoms with Crippen molar-refractivity contribution in [1.29, 1.82) is 0 Å². The van der Waals surface area contributed by atoms with E-state index in [1.807, 2.05) is 26.0 Å². The summed E-state index contributed by atoms with van der Waals surface area (Å²) in [6, 6.07) is 9.67. The third-order valence-electron chi connectivity index (χ3n) is 4.11. The molecule has 6 nitrogen and oxygen atoms in total. The van der Waals surface area contributed by atoms with E-state index in [2.05, 4.69) is 0 Å². The molecule has 0 saturated carbocycles. The van der Waals surface area contributed by atoms with Crippen LogP contribution in [0.15, 0.2) is 42.5 Å². The normalized spacial score (nSPS) is 15.5. The molecule has 1 atom stereocenters. The van der Waals surface area contributed by atoms with Crippen LogP contribution in [-0.2, 0) is 6.42 Å². The number of para-hydroxylation sites is 1. The number of nitro groups is 1. The van der Waals surface area contributed by atoms with Crippen LogP contribution in [0.4, 0.5) is 5.69 Å². The van der Waals surface area contributed by atoms with Gasteiger partial charge in [0.2, 0.25) is 0 Å². The maximum atomic E-state index is 12.4. The van der Waals surface area contributed by atoms with Gasteiger partial charge in [0.05, 0.1) is 17.1 Å². The molecule has 1 aliphatic heterocycles. The van der Waals surface area contributed by atoms with Gasteiger partial charge in [0.15, 0.2) is 5.78 Å². The molecule has 0 bridgehead atoms. The Kier molecular flexibility index (Phi) is 5.02. The van der Waals surface area contributed by atoms with Gasteiger partial charge in [-0.15, -0.1) is 0 Å². The second-order valence-corrected chi connectivity index (χ2v) is 6.04. The number of carbonyl (C=O) groups is 1. The van der Waals surface area contributed by atoms with Crippen molar-refractivity contribution >= 4 is 17.5 Å². The lowest BCUT2D eigenvalue weighted by molar-refractivity contribution is -0.385. The molecule has 0 fully saturated rings. The highest BCUT2D eigenvalue weighted by Gasteiger charge is 2.22. The number of nitro benzene ring substituents is 1. The van der Waals surface area contributed by atoms with Crippen LogP contribution in [0.1, 0.15) is 35.3 Å². The van der Waals surface area contributed by atoms with E-state index in [9.17, 15) is 14.9 Å². The summed E-state index contributed by atoms with van der Waals surface area (Å²) in [5.41, 5.74) is 1.62. The van der Waals surface area contributed by atoms with E-state index in [-0.39, 0.29) is 17.4 Å². The fourth-order valence-electron chi connectivity index (χ4n) is 2.96. The molecule has 0 aromatic heterocycles. The predicted molar refractivity (Wildman–Crippen MR) is 97.9 cm³/mol. The predicted octanol–water partition coefficient (Wildman–Crippen LogP) is 4.21. The third kappa shape index (κ3) is 3.59. The lowest BCUT2D eigenvalue weighted by atomic mass is 10.0. The van der Waals surface area contributed by atoms with Gasteiger partial charge >= 0.3 is 0 Å². The van der Waals surface area contributed by atoms with E-state index in [4.69, 9.17) is 9.47 Å². The molecule has 0 saturated heterocycles. The number of ether oxygens (including phenoxy) is 2. The molecule has 2 aromatic carbocycles. The van der Waals surface area contributed by atoms with Crippen molar-refractivity contribution in [2.45, 2.75) is 26.4 Å². The minimum atomic E-state index is -0.558. The summed E-state index contributed by atoms with van der Waals surface area (Å²) in [6.07, 6.45) is 3.85. The minimum Gasteiger partial charge on any atom is -0.493 e. The van der Waals surface area contributed by atoms with Gasteiger partial charge in [-0.1, -0.05) is 12.1 Å². The maximum Gasteiger partial charge on any atom is 0.280 e. The van der Waals surface area contributed by atoms with E-state index in [0.29, 0.717) is 17.9 Å². The minimum absolute atomic E-state index is 0.0535. The summed E-state index contributed by atoms with van der Waals surface area (Å²) < 4.78 is 11.4. The average Bonchev–Trinajstić information content (AvgIpc) is 2.98. The zero-order valence-electron chi connectivity index (χ0n) is 14.6. The van der Waals surface area contributed by atoms with Gasteiger partial charge in [0, 0.05) is 23.6 Å². The Morgan fingerprint density at radius 2 is 2.15 bits per heavy atom. The van der Waals surface area contributed by atoms with Crippen molar-refractivity contribution in [1.82, 2.24) is 0 Å².